The summed E-state index contributed by atoms with van der Waals surface area (Å²) in [5.74, 6) is 0.0107. The van der Waals surface area contributed by atoms with E-state index in [2.05, 4.69) is 26.6 Å². The van der Waals surface area contributed by atoms with Crippen LogP contribution in [0.25, 0.3) is 0 Å². The number of halogens is 1. The Morgan fingerprint density at radius 1 is 1.16 bits per heavy atom. The van der Waals surface area contributed by atoms with E-state index in [0.717, 1.165) is 10.0 Å². The van der Waals surface area contributed by atoms with Crippen LogP contribution in [-0.2, 0) is 17.9 Å². The molecule has 2 N–H and O–H groups in total. The lowest BCUT2D eigenvalue weighted by Crippen LogP contribution is -2.33. The highest BCUT2D eigenvalue weighted by Crippen LogP contribution is 2.21. The molecular formula is C14H15BrN2OS. The normalized spacial score (nSPS) is 10.4. The number of carbonyl (C=O) groups is 1. The van der Waals surface area contributed by atoms with Gasteiger partial charge in [-0.1, -0.05) is 30.3 Å². The van der Waals surface area contributed by atoms with Gasteiger partial charge in [-0.05, 0) is 32.9 Å². The van der Waals surface area contributed by atoms with Crippen LogP contribution in [0.15, 0.2) is 46.3 Å². The Hall–Kier alpha value is -1.17. The molecule has 0 bridgehead atoms. The second-order valence-electron chi connectivity index (χ2n) is 4.06. The summed E-state index contributed by atoms with van der Waals surface area (Å²) in [4.78, 5) is 12.9. The standard InChI is InChI=1S/C14H15BrN2OS/c15-12-6-7-19-13(12)9-16-10-14(18)17-8-11-4-2-1-3-5-11/h1-7,16H,8-10H2,(H,17,18). The van der Waals surface area contributed by atoms with Crippen molar-refractivity contribution in [3.8, 4) is 0 Å². The quantitative estimate of drug-likeness (QED) is 0.850. The molecule has 0 aliphatic carbocycles. The van der Waals surface area contributed by atoms with Crippen molar-refractivity contribution in [3.05, 3.63) is 56.7 Å². The van der Waals surface area contributed by atoms with Crippen molar-refractivity contribution in [3.63, 3.8) is 0 Å². The van der Waals surface area contributed by atoms with E-state index in [1.807, 2.05) is 41.8 Å². The van der Waals surface area contributed by atoms with Crippen LogP contribution in [-0.4, -0.2) is 12.5 Å². The van der Waals surface area contributed by atoms with Crippen molar-refractivity contribution in [2.45, 2.75) is 13.1 Å². The highest BCUT2D eigenvalue weighted by Gasteiger charge is 2.03. The van der Waals surface area contributed by atoms with Gasteiger partial charge in [0.25, 0.3) is 0 Å². The topological polar surface area (TPSA) is 41.1 Å². The molecular weight excluding hydrogens is 324 g/mol. The number of rotatable bonds is 6. The second kappa shape index (κ2) is 7.43. The Labute approximate surface area is 125 Å². The maximum atomic E-state index is 11.6. The first-order valence-electron chi connectivity index (χ1n) is 5.99. The molecule has 0 aliphatic heterocycles. The fourth-order valence-electron chi connectivity index (χ4n) is 1.60. The summed E-state index contributed by atoms with van der Waals surface area (Å²) in [5, 5.41) is 8.04. The van der Waals surface area contributed by atoms with Crippen LogP contribution in [0.5, 0.6) is 0 Å². The first kappa shape index (κ1) is 14.2. The average molecular weight is 339 g/mol. The fraction of sp³-hybridized carbons (Fsp3) is 0.214. The zero-order chi connectivity index (χ0) is 13.5. The minimum Gasteiger partial charge on any atom is -0.351 e. The van der Waals surface area contributed by atoms with E-state index in [1.165, 1.54) is 4.88 Å². The van der Waals surface area contributed by atoms with Gasteiger partial charge in [-0.15, -0.1) is 11.3 Å². The first-order chi connectivity index (χ1) is 9.25. The smallest absolute Gasteiger partial charge is 0.234 e. The Bertz CT molecular complexity index is 527. The summed E-state index contributed by atoms with van der Waals surface area (Å²) >= 11 is 5.14. The Balaban J connectivity index is 1.66. The maximum absolute atomic E-state index is 11.6. The molecule has 1 amide bonds. The monoisotopic (exact) mass is 338 g/mol. The van der Waals surface area contributed by atoms with Crippen LogP contribution in [0.3, 0.4) is 0 Å². The van der Waals surface area contributed by atoms with Crippen molar-refractivity contribution in [2.75, 3.05) is 6.54 Å². The molecule has 0 atom stereocenters. The Kier molecular flexibility index (Phi) is 5.57. The van der Waals surface area contributed by atoms with Gasteiger partial charge < -0.3 is 10.6 Å². The van der Waals surface area contributed by atoms with Gasteiger partial charge in [0, 0.05) is 22.4 Å². The van der Waals surface area contributed by atoms with E-state index >= 15 is 0 Å². The third-order valence-corrected chi connectivity index (χ3v) is 4.52. The number of thiophene rings is 1. The van der Waals surface area contributed by atoms with Crippen molar-refractivity contribution in [1.29, 1.82) is 0 Å². The predicted octanol–water partition coefficient (Wildman–Crippen LogP) is 2.92. The molecule has 0 saturated carbocycles. The van der Waals surface area contributed by atoms with Gasteiger partial charge in [-0.2, -0.15) is 0 Å². The number of hydrogen-bond donors (Lipinski definition) is 2. The van der Waals surface area contributed by atoms with Gasteiger partial charge in [-0.3, -0.25) is 4.79 Å². The molecule has 1 aromatic carbocycles. The van der Waals surface area contributed by atoms with Crippen molar-refractivity contribution in [2.24, 2.45) is 0 Å². The molecule has 5 heteroatoms. The highest BCUT2D eigenvalue weighted by molar-refractivity contribution is 9.10. The van der Waals surface area contributed by atoms with E-state index in [4.69, 9.17) is 0 Å². The molecule has 3 nitrogen and oxygen atoms in total. The third kappa shape index (κ3) is 4.78. The van der Waals surface area contributed by atoms with E-state index in [9.17, 15) is 4.79 Å². The van der Waals surface area contributed by atoms with E-state index in [0.29, 0.717) is 19.6 Å². The van der Waals surface area contributed by atoms with Gasteiger partial charge in [0.1, 0.15) is 0 Å². The molecule has 100 valence electrons. The highest BCUT2D eigenvalue weighted by atomic mass is 79.9. The maximum Gasteiger partial charge on any atom is 0.234 e. The zero-order valence-electron chi connectivity index (χ0n) is 10.4. The van der Waals surface area contributed by atoms with E-state index in [1.54, 1.807) is 11.3 Å². The molecule has 0 spiro atoms. The van der Waals surface area contributed by atoms with Crippen molar-refractivity contribution < 1.29 is 4.79 Å². The molecule has 1 aromatic heterocycles. The Morgan fingerprint density at radius 2 is 1.95 bits per heavy atom. The molecule has 0 radical (unpaired) electrons. The molecule has 0 saturated heterocycles. The summed E-state index contributed by atoms with van der Waals surface area (Å²) in [5.41, 5.74) is 1.11. The van der Waals surface area contributed by atoms with Gasteiger partial charge in [0.15, 0.2) is 0 Å². The van der Waals surface area contributed by atoms with Crippen LogP contribution < -0.4 is 10.6 Å². The van der Waals surface area contributed by atoms with Crippen LogP contribution in [0.2, 0.25) is 0 Å². The van der Waals surface area contributed by atoms with Crippen molar-refractivity contribution >= 4 is 33.2 Å². The largest absolute Gasteiger partial charge is 0.351 e. The summed E-state index contributed by atoms with van der Waals surface area (Å²) in [7, 11) is 0. The molecule has 1 heterocycles. The number of hydrogen-bond acceptors (Lipinski definition) is 3. The Morgan fingerprint density at radius 3 is 2.63 bits per heavy atom. The average Bonchev–Trinajstić information content (AvgIpc) is 2.83. The minimum atomic E-state index is 0.0107. The second-order valence-corrected chi connectivity index (χ2v) is 5.91. The third-order valence-electron chi connectivity index (χ3n) is 2.59. The van der Waals surface area contributed by atoms with Crippen LogP contribution in [0, 0.1) is 0 Å². The molecule has 19 heavy (non-hydrogen) atoms. The summed E-state index contributed by atoms with van der Waals surface area (Å²) in [6.45, 7) is 1.61. The summed E-state index contributed by atoms with van der Waals surface area (Å²) < 4.78 is 1.09. The molecule has 0 unspecified atom stereocenters. The molecule has 0 fully saturated rings. The van der Waals surface area contributed by atoms with Gasteiger partial charge in [0.05, 0.1) is 6.54 Å². The summed E-state index contributed by atoms with van der Waals surface area (Å²) in [6.07, 6.45) is 0. The van der Waals surface area contributed by atoms with Crippen LogP contribution in [0.4, 0.5) is 0 Å². The molecule has 0 aliphatic rings. The number of benzene rings is 1. The summed E-state index contributed by atoms with van der Waals surface area (Å²) in [6, 6.07) is 11.9. The molecule has 2 rings (SSSR count). The zero-order valence-corrected chi connectivity index (χ0v) is 12.8. The van der Waals surface area contributed by atoms with Gasteiger partial charge in [0.2, 0.25) is 5.91 Å². The number of carbonyl (C=O) groups excluding carboxylic acids is 1. The number of amides is 1. The van der Waals surface area contributed by atoms with Gasteiger partial charge >= 0.3 is 0 Å². The molecule has 2 aromatic rings. The van der Waals surface area contributed by atoms with Gasteiger partial charge in [-0.25, -0.2) is 0 Å². The SMILES string of the molecule is O=C(CNCc1sccc1Br)NCc1ccccc1. The predicted molar refractivity (Wildman–Crippen MR) is 82.0 cm³/mol. The van der Waals surface area contributed by atoms with Crippen molar-refractivity contribution in [1.82, 2.24) is 10.6 Å². The minimum absolute atomic E-state index is 0.0107. The fourth-order valence-corrected chi connectivity index (χ4v) is 3.06. The van der Waals surface area contributed by atoms with Crippen LogP contribution >= 0.6 is 27.3 Å². The van der Waals surface area contributed by atoms with Crippen LogP contribution in [0.1, 0.15) is 10.4 Å². The van der Waals surface area contributed by atoms with E-state index in [-0.39, 0.29) is 5.91 Å². The lowest BCUT2D eigenvalue weighted by Gasteiger charge is -2.06. The number of nitrogens with one attached hydrogen (secondary N) is 2. The lowest BCUT2D eigenvalue weighted by atomic mass is 10.2. The first-order valence-corrected chi connectivity index (χ1v) is 7.66. The van der Waals surface area contributed by atoms with E-state index < -0.39 is 0 Å². The lowest BCUT2D eigenvalue weighted by molar-refractivity contribution is -0.120.